The summed E-state index contributed by atoms with van der Waals surface area (Å²) in [5, 5.41) is 8.33. The predicted octanol–water partition coefficient (Wildman–Crippen LogP) is 3.94. The molecule has 2 aromatic rings. The summed E-state index contributed by atoms with van der Waals surface area (Å²) in [6.07, 6.45) is -0.527. The number of allylic oxidation sites excluding steroid dienone is 1. The molecule has 0 saturated heterocycles. The number of aromatic nitrogens is 2. The molecule has 0 aliphatic heterocycles. The Morgan fingerprint density at radius 1 is 1.29 bits per heavy atom. The van der Waals surface area contributed by atoms with Crippen LogP contribution in [0.25, 0.3) is 11.3 Å². The molecular formula is C17H14F2N2. The Morgan fingerprint density at radius 2 is 2.05 bits per heavy atom. The minimum absolute atomic E-state index is 0.0268. The fourth-order valence-corrected chi connectivity index (χ4v) is 3.64. The van der Waals surface area contributed by atoms with Crippen molar-refractivity contribution < 1.29 is 8.78 Å². The first-order valence-corrected chi connectivity index (χ1v) is 7.00. The van der Waals surface area contributed by atoms with Crippen molar-refractivity contribution in [2.45, 2.75) is 30.8 Å². The Morgan fingerprint density at radius 3 is 2.81 bits per heavy atom. The Bertz CT molecular complexity index is 771. The van der Waals surface area contributed by atoms with Crippen LogP contribution in [0, 0.1) is 5.82 Å². The normalized spacial score (nSPS) is 29.8. The van der Waals surface area contributed by atoms with E-state index in [1.807, 2.05) is 13.0 Å². The number of alkyl halides is 1. The summed E-state index contributed by atoms with van der Waals surface area (Å²) in [5.41, 5.74) is 2.65. The summed E-state index contributed by atoms with van der Waals surface area (Å²) in [6, 6.07) is 8.31. The molecule has 4 rings (SSSR count). The molecule has 21 heavy (non-hydrogen) atoms. The minimum atomic E-state index is -0.962. The molecule has 0 N–H and O–H groups in total. The van der Waals surface area contributed by atoms with E-state index in [-0.39, 0.29) is 11.7 Å². The monoisotopic (exact) mass is 284 g/mol. The lowest BCUT2D eigenvalue weighted by atomic mass is 9.82. The van der Waals surface area contributed by atoms with Crippen LogP contribution in [-0.2, 0) is 5.41 Å². The average Bonchev–Trinajstić information content (AvgIpc) is 2.83. The molecule has 2 bridgehead atoms. The predicted molar refractivity (Wildman–Crippen MR) is 76.2 cm³/mol. The number of nitrogens with zero attached hydrogens (tertiary/aromatic N) is 2. The molecule has 1 saturated carbocycles. The van der Waals surface area contributed by atoms with Gasteiger partial charge in [-0.05, 0) is 37.1 Å². The molecule has 2 aliphatic carbocycles. The van der Waals surface area contributed by atoms with E-state index >= 15 is 0 Å². The number of fused-ring (bicyclic) bond motifs is 5. The SMILES string of the molecule is C=C1[C@@H]2C[C@H](F)[C@@]1(C)c1nnc(-c3ccccc3F)cc12. The van der Waals surface area contributed by atoms with Crippen molar-refractivity contribution in [2.75, 3.05) is 0 Å². The van der Waals surface area contributed by atoms with Crippen LogP contribution in [0.1, 0.15) is 30.5 Å². The van der Waals surface area contributed by atoms with Gasteiger partial charge in [0.25, 0.3) is 0 Å². The molecule has 2 nitrogen and oxygen atoms in total. The highest BCUT2D eigenvalue weighted by molar-refractivity contribution is 5.64. The highest BCUT2D eigenvalue weighted by Gasteiger charge is 2.57. The molecule has 2 aliphatic rings. The van der Waals surface area contributed by atoms with Crippen LogP contribution >= 0.6 is 0 Å². The number of halogens is 2. The zero-order valence-electron chi connectivity index (χ0n) is 11.6. The van der Waals surface area contributed by atoms with Gasteiger partial charge < -0.3 is 0 Å². The summed E-state index contributed by atoms with van der Waals surface area (Å²) >= 11 is 0. The average molecular weight is 284 g/mol. The van der Waals surface area contributed by atoms with Crippen molar-refractivity contribution in [3.8, 4) is 11.3 Å². The lowest BCUT2D eigenvalue weighted by Gasteiger charge is -2.26. The van der Waals surface area contributed by atoms with Crippen molar-refractivity contribution in [3.05, 3.63) is 59.6 Å². The minimum Gasteiger partial charge on any atom is -0.246 e. The van der Waals surface area contributed by atoms with E-state index in [1.165, 1.54) is 6.07 Å². The Hall–Kier alpha value is -2.10. The van der Waals surface area contributed by atoms with Gasteiger partial charge in [-0.15, -0.1) is 0 Å². The second-order valence-corrected chi connectivity index (χ2v) is 6.00. The lowest BCUT2D eigenvalue weighted by Crippen LogP contribution is -2.31. The maximum absolute atomic E-state index is 14.2. The van der Waals surface area contributed by atoms with Gasteiger partial charge in [-0.25, -0.2) is 8.78 Å². The first kappa shape index (κ1) is 12.6. The smallest absolute Gasteiger partial charge is 0.132 e. The Balaban J connectivity index is 1.89. The summed E-state index contributed by atoms with van der Waals surface area (Å²) < 4.78 is 28.1. The molecule has 3 atom stereocenters. The molecule has 1 aromatic heterocycles. The topological polar surface area (TPSA) is 25.8 Å². The van der Waals surface area contributed by atoms with E-state index in [0.29, 0.717) is 23.4 Å². The first-order valence-electron chi connectivity index (χ1n) is 7.00. The lowest BCUT2D eigenvalue weighted by molar-refractivity contribution is 0.241. The third kappa shape index (κ3) is 1.45. The van der Waals surface area contributed by atoms with Crippen molar-refractivity contribution in [1.29, 1.82) is 0 Å². The molecule has 1 fully saturated rings. The molecule has 1 aromatic carbocycles. The molecule has 0 spiro atoms. The maximum atomic E-state index is 14.2. The van der Waals surface area contributed by atoms with Crippen LogP contribution in [0.5, 0.6) is 0 Å². The van der Waals surface area contributed by atoms with Gasteiger partial charge >= 0.3 is 0 Å². The Labute approximate surface area is 121 Å². The summed E-state index contributed by atoms with van der Waals surface area (Å²) in [7, 11) is 0. The van der Waals surface area contributed by atoms with E-state index in [9.17, 15) is 8.78 Å². The molecule has 106 valence electrons. The second-order valence-electron chi connectivity index (χ2n) is 6.00. The van der Waals surface area contributed by atoms with Gasteiger partial charge in [0, 0.05) is 11.5 Å². The molecule has 0 unspecified atom stereocenters. The fourth-order valence-electron chi connectivity index (χ4n) is 3.64. The van der Waals surface area contributed by atoms with Gasteiger partial charge in [0.2, 0.25) is 0 Å². The third-order valence-corrected chi connectivity index (χ3v) is 5.00. The quantitative estimate of drug-likeness (QED) is 0.741. The van der Waals surface area contributed by atoms with Gasteiger partial charge in [0.1, 0.15) is 12.0 Å². The second kappa shape index (κ2) is 3.97. The van der Waals surface area contributed by atoms with Crippen LogP contribution in [0.2, 0.25) is 0 Å². The number of hydrogen-bond acceptors (Lipinski definition) is 2. The van der Waals surface area contributed by atoms with Gasteiger partial charge in [0.05, 0.1) is 16.8 Å². The van der Waals surface area contributed by atoms with Crippen LogP contribution in [0.4, 0.5) is 8.78 Å². The molecule has 0 amide bonds. The van der Waals surface area contributed by atoms with Crippen LogP contribution in [0.3, 0.4) is 0 Å². The Kier molecular flexibility index (Phi) is 2.39. The van der Waals surface area contributed by atoms with E-state index in [0.717, 1.165) is 11.1 Å². The van der Waals surface area contributed by atoms with E-state index in [2.05, 4.69) is 16.8 Å². The van der Waals surface area contributed by atoms with Gasteiger partial charge in [-0.2, -0.15) is 10.2 Å². The van der Waals surface area contributed by atoms with Crippen molar-refractivity contribution in [1.82, 2.24) is 10.2 Å². The maximum Gasteiger partial charge on any atom is 0.132 e. The molecule has 0 radical (unpaired) electrons. The van der Waals surface area contributed by atoms with E-state index < -0.39 is 11.6 Å². The number of hydrogen-bond donors (Lipinski definition) is 0. The van der Waals surface area contributed by atoms with Crippen LogP contribution < -0.4 is 0 Å². The van der Waals surface area contributed by atoms with Crippen molar-refractivity contribution in [2.24, 2.45) is 0 Å². The van der Waals surface area contributed by atoms with Gasteiger partial charge in [-0.3, -0.25) is 0 Å². The van der Waals surface area contributed by atoms with Gasteiger partial charge in [-0.1, -0.05) is 24.3 Å². The largest absolute Gasteiger partial charge is 0.246 e. The highest BCUT2D eigenvalue weighted by atomic mass is 19.1. The standard InChI is InChI=1S/C17H14F2N2/c1-9-11-8-15(19)17(9,2)16-12(11)7-14(20-21-16)10-5-3-4-6-13(10)18/h3-7,11,15H,1,8H2,2H3/t11-,15-,17-/m0/s1. The van der Waals surface area contributed by atoms with Crippen LogP contribution in [0.15, 0.2) is 42.5 Å². The fraction of sp³-hybridized carbons (Fsp3) is 0.294. The number of benzene rings is 1. The van der Waals surface area contributed by atoms with Crippen molar-refractivity contribution >= 4 is 0 Å². The highest BCUT2D eigenvalue weighted by Crippen LogP contribution is 2.60. The molecular weight excluding hydrogens is 270 g/mol. The molecule has 1 heterocycles. The summed E-state index contributed by atoms with van der Waals surface area (Å²) in [4.78, 5) is 0. The number of rotatable bonds is 1. The zero-order chi connectivity index (χ0) is 14.8. The molecule has 4 heteroatoms. The summed E-state index contributed by atoms with van der Waals surface area (Å²) in [6.45, 7) is 5.89. The van der Waals surface area contributed by atoms with Crippen molar-refractivity contribution in [3.63, 3.8) is 0 Å². The van der Waals surface area contributed by atoms with Crippen LogP contribution in [-0.4, -0.2) is 16.4 Å². The first-order chi connectivity index (χ1) is 10.0. The van der Waals surface area contributed by atoms with E-state index in [4.69, 9.17) is 0 Å². The van der Waals surface area contributed by atoms with Gasteiger partial charge in [0.15, 0.2) is 0 Å². The van der Waals surface area contributed by atoms with E-state index in [1.54, 1.807) is 18.2 Å². The third-order valence-electron chi connectivity index (χ3n) is 5.00. The summed E-state index contributed by atoms with van der Waals surface area (Å²) in [5.74, 6) is -0.357. The zero-order valence-corrected chi connectivity index (χ0v) is 11.6.